The highest BCUT2D eigenvalue weighted by Crippen LogP contribution is 2.13. The van der Waals surface area contributed by atoms with Crippen LogP contribution in [0.3, 0.4) is 0 Å². The van der Waals surface area contributed by atoms with Gasteiger partial charge >= 0.3 is 5.97 Å². The van der Waals surface area contributed by atoms with Crippen LogP contribution in [0, 0.1) is 5.82 Å². The lowest BCUT2D eigenvalue weighted by Gasteiger charge is -2.17. The number of hydrogen-bond acceptors (Lipinski definition) is 3. The van der Waals surface area contributed by atoms with Crippen LogP contribution in [0.5, 0.6) is 0 Å². The summed E-state index contributed by atoms with van der Waals surface area (Å²) in [5.41, 5.74) is 0.219. The van der Waals surface area contributed by atoms with E-state index >= 15 is 0 Å². The molecule has 92 valence electrons. The molecule has 0 aliphatic heterocycles. The zero-order chi connectivity index (χ0) is 12.8. The molecule has 0 aromatic carbocycles. The van der Waals surface area contributed by atoms with Gasteiger partial charge in [-0.2, -0.15) is 0 Å². The molecular weight excluding hydrogens is 291 g/mol. The molecule has 0 saturated heterocycles. The quantitative estimate of drug-likeness (QED) is 0.817. The van der Waals surface area contributed by atoms with Crippen molar-refractivity contribution < 1.29 is 14.3 Å². The van der Waals surface area contributed by atoms with E-state index in [0.29, 0.717) is 11.0 Å². The number of aliphatic carboxylic acids is 1. The Labute approximate surface area is 107 Å². The summed E-state index contributed by atoms with van der Waals surface area (Å²) in [6.45, 7) is 3.85. The number of carboxylic acid groups (broad SMARTS) is 1. The van der Waals surface area contributed by atoms with Gasteiger partial charge < -0.3 is 5.11 Å². The number of carboxylic acids is 1. The van der Waals surface area contributed by atoms with Crippen LogP contribution in [-0.2, 0) is 11.3 Å². The van der Waals surface area contributed by atoms with Crippen molar-refractivity contribution in [1.82, 2.24) is 9.88 Å². The van der Waals surface area contributed by atoms with Crippen LogP contribution in [0.15, 0.2) is 29.4 Å². The molecule has 0 saturated carbocycles. The molecule has 0 radical (unpaired) electrons. The minimum absolute atomic E-state index is 0.136. The molecule has 1 N–H and O–H groups in total. The Morgan fingerprint density at radius 1 is 1.71 bits per heavy atom. The molecule has 1 aromatic rings. The lowest BCUT2D eigenvalue weighted by Crippen LogP contribution is -2.30. The maximum absolute atomic E-state index is 13.5. The normalized spacial score (nSPS) is 10.5. The zero-order valence-corrected chi connectivity index (χ0v) is 10.7. The Bertz CT molecular complexity index is 426. The number of pyridine rings is 1. The molecule has 6 heteroatoms. The van der Waals surface area contributed by atoms with Gasteiger partial charge in [0.25, 0.3) is 0 Å². The van der Waals surface area contributed by atoms with E-state index in [2.05, 4.69) is 27.5 Å². The van der Waals surface area contributed by atoms with Crippen LogP contribution in [-0.4, -0.2) is 34.0 Å². The minimum Gasteiger partial charge on any atom is -0.480 e. The van der Waals surface area contributed by atoms with Crippen LogP contribution in [0.2, 0.25) is 0 Å². The molecule has 4 nitrogen and oxygen atoms in total. The van der Waals surface area contributed by atoms with Gasteiger partial charge in [-0.1, -0.05) is 6.08 Å². The van der Waals surface area contributed by atoms with Crippen molar-refractivity contribution in [2.24, 2.45) is 0 Å². The second kappa shape index (κ2) is 6.46. The van der Waals surface area contributed by atoms with Crippen molar-refractivity contribution in [3.8, 4) is 0 Å². The zero-order valence-electron chi connectivity index (χ0n) is 9.07. The molecule has 0 amide bonds. The van der Waals surface area contributed by atoms with Gasteiger partial charge in [0.1, 0.15) is 5.82 Å². The number of hydrogen-bond donors (Lipinski definition) is 1. The van der Waals surface area contributed by atoms with Crippen molar-refractivity contribution in [2.45, 2.75) is 6.54 Å². The van der Waals surface area contributed by atoms with Gasteiger partial charge in [0, 0.05) is 23.8 Å². The van der Waals surface area contributed by atoms with E-state index in [0.717, 1.165) is 0 Å². The molecule has 1 heterocycles. The van der Waals surface area contributed by atoms with Gasteiger partial charge in [0.2, 0.25) is 0 Å². The third-order valence-electron chi connectivity index (χ3n) is 2.00. The average Bonchev–Trinajstić information content (AvgIpc) is 2.21. The number of nitrogens with zero attached hydrogens (tertiary/aromatic N) is 2. The lowest BCUT2D eigenvalue weighted by atomic mass is 10.3. The first-order chi connectivity index (χ1) is 8.02. The van der Waals surface area contributed by atoms with Crippen molar-refractivity contribution in [2.75, 3.05) is 13.1 Å². The Hall–Kier alpha value is -1.27. The van der Waals surface area contributed by atoms with Crippen LogP contribution < -0.4 is 0 Å². The standard InChI is InChI=1S/C11H12BrFN2O2/c1-2-3-15(7-11(16)17)6-10-9(13)4-8(12)5-14-10/h2,4-5H,1,3,6-7H2,(H,16,17). The summed E-state index contributed by atoms with van der Waals surface area (Å²) in [6, 6.07) is 1.30. The van der Waals surface area contributed by atoms with E-state index in [-0.39, 0.29) is 18.8 Å². The Kier molecular flexibility index (Phi) is 5.24. The number of aromatic nitrogens is 1. The molecule has 0 aliphatic rings. The van der Waals surface area contributed by atoms with Crippen LogP contribution >= 0.6 is 15.9 Å². The Morgan fingerprint density at radius 2 is 2.41 bits per heavy atom. The van der Waals surface area contributed by atoms with E-state index in [1.54, 1.807) is 6.08 Å². The highest BCUT2D eigenvalue weighted by Gasteiger charge is 2.12. The van der Waals surface area contributed by atoms with Gasteiger partial charge in [-0.15, -0.1) is 6.58 Å². The van der Waals surface area contributed by atoms with E-state index < -0.39 is 11.8 Å². The first-order valence-corrected chi connectivity index (χ1v) is 5.67. The maximum Gasteiger partial charge on any atom is 0.317 e. The van der Waals surface area contributed by atoms with Crippen molar-refractivity contribution >= 4 is 21.9 Å². The molecule has 17 heavy (non-hydrogen) atoms. The van der Waals surface area contributed by atoms with Gasteiger partial charge in [0.15, 0.2) is 0 Å². The van der Waals surface area contributed by atoms with Crippen LogP contribution in [0.25, 0.3) is 0 Å². The number of carbonyl (C=O) groups is 1. The molecule has 1 rings (SSSR count). The van der Waals surface area contributed by atoms with E-state index in [1.807, 2.05) is 0 Å². The number of halogens is 2. The molecule has 0 aliphatic carbocycles. The predicted molar refractivity (Wildman–Crippen MR) is 65.0 cm³/mol. The fraction of sp³-hybridized carbons (Fsp3) is 0.273. The topological polar surface area (TPSA) is 53.4 Å². The maximum atomic E-state index is 13.5. The fourth-order valence-electron chi connectivity index (χ4n) is 1.33. The average molecular weight is 303 g/mol. The van der Waals surface area contributed by atoms with Crippen molar-refractivity contribution in [3.05, 3.63) is 40.9 Å². The largest absolute Gasteiger partial charge is 0.480 e. The van der Waals surface area contributed by atoms with Gasteiger partial charge in [-0.05, 0) is 22.0 Å². The summed E-state index contributed by atoms with van der Waals surface area (Å²) < 4.78 is 14.0. The summed E-state index contributed by atoms with van der Waals surface area (Å²) in [6.07, 6.45) is 3.05. The van der Waals surface area contributed by atoms with Gasteiger partial charge in [0.05, 0.1) is 12.2 Å². The summed E-state index contributed by atoms with van der Waals surface area (Å²) in [5, 5.41) is 8.70. The van der Waals surface area contributed by atoms with Gasteiger partial charge in [-0.25, -0.2) is 4.39 Å². The van der Waals surface area contributed by atoms with Crippen LogP contribution in [0.1, 0.15) is 5.69 Å². The highest BCUT2D eigenvalue weighted by molar-refractivity contribution is 9.10. The molecule has 0 fully saturated rings. The number of rotatable bonds is 6. The monoisotopic (exact) mass is 302 g/mol. The third kappa shape index (κ3) is 4.62. The first kappa shape index (κ1) is 13.8. The summed E-state index contributed by atoms with van der Waals surface area (Å²) in [5.74, 6) is -1.43. The Morgan fingerprint density at radius 3 is 2.94 bits per heavy atom. The fourth-order valence-corrected chi connectivity index (χ4v) is 1.63. The van der Waals surface area contributed by atoms with Gasteiger partial charge in [-0.3, -0.25) is 14.7 Å². The smallest absolute Gasteiger partial charge is 0.317 e. The SMILES string of the molecule is C=CCN(CC(=O)O)Cc1ncc(Br)cc1F. The lowest BCUT2D eigenvalue weighted by molar-refractivity contribution is -0.138. The first-order valence-electron chi connectivity index (χ1n) is 4.88. The summed E-state index contributed by atoms with van der Waals surface area (Å²) in [4.78, 5) is 16.1. The second-order valence-electron chi connectivity index (χ2n) is 3.43. The third-order valence-corrected chi connectivity index (χ3v) is 2.44. The van der Waals surface area contributed by atoms with Crippen molar-refractivity contribution in [1.29, 1.82) is 0 Å². The molecule has 0 spiro atoms. The van der Waals surface area contributed by atoms with E-state index in [1.165, 1.54) is 17.2 Å². The predicted octanol–water partition coefficient (Wildman–Crippen LogP) is 2.06. The van der Waals surface area contributed by atoms with E-state index in [9.17, 15) is 9.18 Å². The highest BCUT2D eigenvalue weighted by atomic mass is 79.9. The van der Waals surface area contributed by atoms with Crippen molar-refractivity contribution in [3.63, 3.8) is 0 Å². The molecule has 0 atom stereocenters. The van der Waals surface area contributed by atoms with Crippen LogP contribution in [0.4, 0.5) is 4.39 Å². The summed E-state index contributed by atoms with van der Waals surface area (Å²) in [7, 11) is 0. The second-order valence-corrected chi connectivity index (χ2v) is 4.35. The minimum atomic E-state index is -0.968. The Balaban J connectivity index is 2.77. The molecular formula is C11H12BrFN2O2. The molecule has 0 unspecified atom stereocenters. The summed E-state index contributed by atoms with van der Waals surface area (Å²) >= 11 is 3.11. The van der Waals surface area contributed by atoms with E-state index in [4.69, 9.17) is 5.11 Å². The molecule has 0 bridgehead atoms. The molecule has 1 aromatic heterocycles.